The molecule has 98 valence electrons. The molecular formula is C14H11Cl3N2. The van der Waals surface area contributed by atoms with Crippen LogP contribution in [0.3, 0.4) is 0 Å². The molecule has 0 atom stereocenters. The van der Waals surface area contributed by atoms with Gasteiger partial charge < -0.3 is 0 Å². The van der Waals surface area contributed by atoms with Crippen LogP contribution in [0, 0.1) is 0 Å². The van der Waals surface area contributed by atoms with E-state index in [1.54, 1.807) is 18.2 Å². The number of rotatable bonds is 3. The molecule has 0 unspecified atom stereocenters. The number of hydrogen-bond acceptors (Lipinski definition) is 2. The van der Waals surface area contributed by atoms with E-state index in [0.29, 0.717) is 15.1 Å². The lowest BCUT2D eigenvalue weighted by Gasteiger charge is -2.07. The molecule has 2 aromatic rings. The molecule has 2 aromatic carbocycles. The molecule has 5 heteroatoms. The first kappa shape index (κ1) is 14.2. The summed E-state index contributed by atoms with van der Waals surface area (Å²) in [5.74, 6) is 0. The van der Waals surface area contributed by atoms with Crippen molar-refractivity contribution >= 4 is 46.2 Å². The van der Waals surface area contributed by atoms with Crippen LogP contribution in [0.1, 0.15) is 12.5 Å². The SMILES string of the molecule is C/C(=N\Nc1ccccc1Cl)c1ccc(Cl)cc1Cl. The fourth-order valence-corrected chi connectivity index (χ4v) is 2.26. The summed E-state index contributed by atoms with van der Waals surface area (Å²) < 4.78 is 0. The summed E-state index contributed by atoms with van der Waals surface area (Å²) in [6.45, 7) is 1.86. The highest BCUT2D eigenvalue weighted by atomic mass is 35.5. The van der Waals surface area contributed by atoms with Crippen LogP contribution in [0.2, 0.25) is 15.1 Å². The molecule has 0 fully saturated rings. The Labute approximate surface area is 127 Å². The van der Waals surface area contributed by atoms with Gasteiger partial charge in [0.15, 0.2) is 0 Å². The minimum absolute atomic E-state index is 0.565. The first-order valence-corrected chi connectivity index (χ1v) is 6.71. The van der Waals surface area contributed by atoms with E-state index >= 15 is 0 Å². The summed E-state index contributed by atoms with van der Waals surface area (Å²) in [6.07, 6.45) is 0. The molecule has 0 radical (unpaired) electrons. The van der Waals surface area contributed by atoms with Crippen molar-refractivity contribution < 1.29 is 0 Å². The van der Waals surface area contributed by atoms with Gasteiger partial charge in [-0.2, -0.15) is 5.10 Å². The molecule has 0 aliphatic heterocycles. The quantitative estimate of drug-likeness (QED) is 0.588. The number of benzene rings is 2. The second-order valence-corrected chi connectivity index (χ2v) is 5.16. The average molecular weight is 314 g/mol. The second-order valence-electron chi connectivity index (χ2n) is 3.91. The molecule has 0 saturated heterocycles. The summed E-state index contributed by atoms with van der Waals surface area (Å²) in [4.78, 5) is 0. The highest BCUT2D eigenvalue weighted by molar-refractivity contribution is 6.37. The molecule has 2 nitrogen and oxygen atoms in total. The minimum atomic E-state index is 0.565. The largest absolute Gasteiger partial charge is 0.277 e. The van der Waals surface area contributed by atoms with Crippen molar-refractivity contribution in [1.82, 2.24) is 0 Å². The molecular weight excluding hydrogens is 303 g/mol. The van der Waals surface area contributed by atoms with Gasteiger partial charge in [-0.15, -0.1) is 0 Å². The maximum Gasteiger partial charge on any atom is 0.0748 e. The Kier molecular flexibility index (Phi) is 4.70. The third-order valence-electron chi connectivity index (χ3n) is 2.54. The molecule has 1 N–H and O–H groups in total. The normalized spacial score (nSPS) is 11.5. The van der Waals surface area contributed by atoms with Gasteiger partial charge in [-0.05, 0) is 31.2 Å². The van der Waals surface area contributed by atoms with Gasteiger partial charge in [-0.25, -0.2) is 0 Å². The highest BCUT2D eigenvalue weighted by Gasteiger charge is 2.05. The summed E-state index contributed by atoms with van der Waals surface area (Å²) in [6, 6.07) is 12.7. The van der Waals surface area contributed by atoms with Gasteiger partial charge in [-0.3, -0.25) is 5.43 Å². The molecule has 0 bridgehead atoms. The van der Waals surface area contributed by atoms with Crippen LogP contribution < -0.4 is 5.43 Å². The van der Waals surface area contributed by atoms with Crippen molar-refractivity contribution in [3.8, 4) is 0 Å². The number of anilines is 1. The number of halogens is 3. The van der Waals surface area contributed by atoms with Gasteiger partial charge in [-0.1, -0.05) is 53.0 Å². The Balaban J connectivity index is 2.22. The zero-order valence-electron chi connectivity index (χ0n) is 10.1. The van der Waals surface area contributed by atoms with Crippen LogP contribution in [0.4, 0.5) is 5.69 Å². The summed E-state index contributed by atoms with van der Waals surface area (Å²) in [5.41, 5.74) is 5.24. The third kappa shape index (κ3) is 3.63. The van der Waals surface area contributed by atoms with Crippen LogP contribution in [-0.4, -0.2) is 5.71 Å². The van der Waals surface area contributed by atoms with Crippen LogP contribution >= 0.6 is 34.8 Å². The van der Waals surface area contributed by atoms with Gasteiger partial charge in [0, 0.05) is 10.6 Å². The lowest BCUT2D eigenvalue weighted by Crippen LogP contribution is -2.00. The van der Waals surface area contributed by atoms with Crippen molar-refractivity contribution in [1.29, 1.82) is 0 Å². The Morgan fingerprint density at radius 2 is 1.74 bits per heavy atom. The molecule has 0 heterocycles. The zero-order valence-corrected chi connectivity index (χ0v) is 12.4. The topological polar surface area (TPSA) is 24.4 Å². The van der Waals surface area contributed by atoms with Crippen molar-refractivity contribution in [3.05, 3.63) is 63.1 Å². The molecule has 19 heavy (non-hydrogen) atoms. The van der Waals surface area contributed by atoms with E-state index in [2.05, 4.69) is 10.5 Å². The van der Waals surface area contributed by atoms with Gasteiger partial charge in [0.1, 0.15) is 0 Å². The molecule has 0 aliphatic rings. The van der Waals surface area contributed by atoms with Crippen molar-refractivity contribution in [2.45, 2.75) is 6.92 Å². The first-order chi connectivity index (χ1) is 9.08. The molecule has 0 aromatic heterocycles. The summed E-state index contributed by atoms with van der Waals surface area (Å²) in [5, 5.41) is 6.05. The average Bonchev–Trinajstić information content (AvgIpc) is 2.37. The Bertz CT molecular complexity index is 624. The fraction of sp³-hybridized carbons (Fsp3) is 0.0714. The Morgan fingerprint density at radius 1 is 1.00 bits per heavy atom. The zero-order chi connectivity index (χ0) is 13.8. The highest BCUT2D eigenvalue weighted by Crippen LogP contribution is 2.23. The van der Waals surface area contributed by atoms with E-state index in [4.69, 9.17) is 34.8 Å². The van der Waals surface area contributed by atoms with E-state index in [1.165, 1.54) is 0 Å². The molecule has 2 rings (SSSR count). The van der Waals surface area contributed by atoms with Gasteiger partial charge in [0.25, 0.3) is 0 Å². The Morgan fingerprint density at radius 3 is 2.42 bits per heavy atom. The minimum Gasteiger partial charge on any atom is -0.277 e. The van der Waals surface area contributed by atoms with E-state index in [0.717, 1.165) is 17.0 Å². The summed E-state index contributed by atoms with van der Waals surface area (Å²) >= 11 is 18.0. The maximum absolute atomic E-state index is 6.12. The van der Waals surface area contributed by atoms with Crippen LogP contribution in [0.25, 0.3) is 0 Å². The number of nitrogens with zero attached hydrogens (tertiary/aromatic N) is 1. The van der Waals surface area contributed by atoms with E-state index in [1.807, 2.05) is 31.2 Å². The molecule has 0 saturated carbocycles. The predicted molar refractivity (Wildman–Crippen MR) is 83.7 cm³/mol. The van der Waals surface area contributed by atoms with Crippen LogP contribution in [0.15, 0.2) is 47.6 Å². The number of para-hydroxylation sites is 1. The maximum atomic E-state index is 6.12. The van der Waals surface area contributed by atoms with Gasteiger partial charge in [0.2, 0.25) is 0 Å². The van der Waals surface area contributed by atoms with E-state index in [9.17, 15) is 0 Å². The number of hydrogen-bond donors (Lipinski definition) is 1. The molecule has 0 amide bonds. The van der Waals surface area contributed by atoms with Crippen molar-refractivity contribution in [3.63, 3.8) is 0 Å². The summed E-state index contributed by atoms with van der Waals surface area (Å²) in [7, 11) is 0. The van der Waals surface area contributed by atoms with Gasteiger partial charge in [0.05, 0.1) is 21.4 Å². The lowest BCUT2D eigenvalue weighted by molar-refractivity contribution is 1.32. The molecule has 0 spiro atoms. The van der Waals surface area contributed by atoms with Gasteiger partial charge >= 0.3 is 0 Å². The number of hydrazone groups is 1. The molecule has 0 aliphatic carbocycles. The monoisotopic (exact) mass is 312 g/mol. The Hall–Kier alpha value is -1.22. The van der Waals surface area contributed by atoms with Crippen LogP contribution in [-0.2, 0) is 0 Å². The second kappa shape index (κ2) is 6.29. The fourth-order valence-electron chi connectivity index (χ4n) is 1.54. The smallest absolute Gasteiger partial charge is 0.0748 e. The third-order valence-corrected chi connectivity index (χ3v) is 3.42. The van der Waals surface area contributed by atoms with Crippen molar-refractivity contribution in [2.75, 3.05) is 5.43 Å². The van der Waals surface area contributed by atoms with E-state index in [-0.39, 0.29) is 0 Å². The number of nitrogens with one attached hydrogen (secondary N) is 1. The lowest BCUT2D eigenvalue weighted by atomic mass is 10.1. The standard InChI is InChI=1S/C14H11Cl3N2/c1-9(11-7-6-10(15)8-13(11)17)18-19-14-5-3-2-4-12(14)16/h2-8,19H,1H3/b18-9+. The van der Waals surface area contributed by atoms with Crippen LogP contribution in [0.5, 0.6) is 0 Å². The first-order valence-electron chi connectivity index (χ1n) is 5.58. The van der Waals surface area contributed by atoms with E-state index < -0.39 is 0 Å². The predicted octanol–water partition coefficient (Wildman–Crippen LogP) is 5.48. The van der Waals surface area contributed by atoms with Crippen molar-refractivity contribution in [2.24, 2.45) is 5.10 Å².